The third-order valence-electron chi connectivity index (χ3n) is 3.71. The second kappa shape index (κ2) is 9.47. The Morgan fingerprint density at radius 3 is 2.10 bits per heavy atom. The molecule has 2 N–H and O–H groups in total. The van der Waals surface area contributed by atoms with Crippen LogP contribution in [0.1, 0.15) is 26.3 Å². The maximum atomic E-state index is 14.6. The van der Waals surface area contributed by atoms with E-state index in [9.17, 15) is 23.2 Å². The van der Waals surface area contributed by atoms with Gasteiger partial charge >= 0.3 is 12.0 Å². The second-order valence-corrected chi connectivity index (χ2v) is 14.6. The average molecular weight is 429 g/mol. The van der Waals surface area contributed by atoms with E-state index >= 15 is 0 Å². The minimum Gasteiger partial charge on any atom is -0.444 e. The summed E-state index contributed by atoms with van der Waals surface area (Å²) in [6.45, 7) is 10.3. The lowest BCUT2D eigenvalue weighted by Gasteiger charge is -2.28. The first-order chi connectivity index (χ1) is 13.1. The van der Waals surface area contributed by atoms with Gasteiger partial charge in [0.15, 0.2) is 0 Å². The van der Waals surface area contributed by atoms with E-state index in [1.807, 2.05) is 19.6 Å². The van der Waals surface area contributed by atoms with E-state index in [2.05, 4.69) is 10.6 Å². The van der Waals surface area contributed by atoms with E-state index in [1.54, 1.807) is 51.1 Å². The van der Waals surface area contributed by atoms with Crippen molar-refractivity contribution in [3.8, 4) is 0 Å². The maximum Gasteiger partial charge on any atom is 0.408 e. The lowest BCUT2D eigenvalue weighted by Crippen LogP contribution is -2.56. The summed E-state index contributed by atoms with van der Waals surface area (Å²) in [6, 6.07) is 7.03. The summed E-state index contributed by atoms with van der Waals surface area (Å²) in [5, 5.41) is 4.32. The minimum absolute atomic E-state index is 0.0482. The minimum atomic E-state index is -4.28. The number of carbonyl (C=O) groups is 3. The van der Waals surface area contributed by atoms with Gasteiger partial charge in [-0.2, -0.15) is 8.78 Å². The van der Waals surface area contributed by atoms with Crippen LogP contribution in [0, 0.1) is 0 Å². The van der Waals surface area contributed by atoms with Crippen LogP contribution in [-0.2, 0) is 20.9 Å². The van der Waals surface area contributed by atoms with Gasteiger partial charge < -0.3 is 15.4 Å². The fraction of sp³-hybridized carbons (Fsp3) is 0.550. The van der Waals surface area contributed by atoms with Crippen LogP contribution in [0.5, 0.6) is 0 Å². The summed E-state index contributed by atoms with van der Waals surface area (Å²) in [7, 11) is -2.05. The number of alkyl halides is 2. The van der Waals surface area contributed by atoms with Crippen LogP contribution in [0.2, 0.25) is 25.7 Å². The molecule has 2 amide bonds. The topological polar surface area (TPSA) is 84.5 Å². The first-order valence-corrected chi connectivity index (χ1v) is 13.1. The monoisotopic (exact) mass is 428 g/mol. The molecular weight excluding hydrogens is 398 g/mol. The molecule has 6 nitrogen and oxygen atoms in total. The molecule has 162 valence electrons. The standard InChI is InChI=1S/C20H30F2N2O4Si/c1-19(2,3)28-18(27)24-15(13-29(4,5)6)16(25)20(21,22)17(26)23-12-14-10-8-7-9-11-14/h7-11,15H,12-13H2,1-6H3,(H,23,26)(H,24,27). The Kier molecular flexibility index (Phi) is 8.08. The molecule has 0 heterocycles. The van der Waals surface area contributed by atoms with Crippen LogP contribution < -0.4 is 10.6 Å². The number of halogens is 2. The molecule has 9 heteroatoms. The third kappa shape index (κ3) is 8.72. The lowest BCUT2D eigenvalue weighted by atomic mass is 10.1. The van der Waals surface area contributed by atoms with Crippen LogP contribution in [-0.4, -0.2) is 43.4 Å². The normalized spacial score (nSPS) is 13.4. The Bertz CT molecular complexity index is 728. The van der Waals surface area contributed by atoms with Crippen LogP contribution in [0.25, 0.3) is 0 Å². The Morgan fingerprint density at radius 1 is 1.07 bits per heavy atom. The molecule has 1 aromatic carbocycles. The predicted molar refractivity (Wildman–Crippen MR) is 110 cm³/mol. The second-order valence-electron chi connectivity index (χ2n) is 9.07. The average Bonchev–Trinajstić information content (AvgIpc) is 2.56. The van der Waals surface area contributed by atoms with Gasteiger partial charge in [0.05, 0.1) is 6.04 Å². The largest absolute Gasteiger partial charge is 0.444 e. The van der Waals surface area contributed by atoms with E-state index in [0.717, 1.165) is 0 Å². The number of benzene rings is 1. The van der Waals surface area contributed by atoms with Crippen molar-refractivity contribution in [2.75, 3.05) is 0 Å². The van der Waals surface area contributed by atoms with Crippen LogP contribution in [0.15, 0.2) is 30.3 Å². The fourth-order valence-corrected chi connectivity index (χ4v) is 4.00. The molecule has 1 atom stereocenters. The van der Waals surface area contributed by atoms with E-state index in [4.69, 9.17) is 4.74 Å². The lowest BCUT2D eigenvalue weighted by molar-refractivity contribution is -0.159. The molecule has 0 aromatic heterocycles. The SMILES string of the molecule is CC(C)(C)OC(=O)NC(C[Si](C)(C)C)C(=O)C(F)(F)C(=O)NCc1ccccc1. The highest BCUT2D eigenvalue weighted by atomic mass is 28.3. The first-order valence-electron chi connectivity index (χ1n) is 9.36. The van der Waals surface area contributed by atoms with Gasteiger partial charge in [-0.1, -0.05) is 50.0 Å². The predicted octanol–water partition coefficient (Wildman–Crippen LogP) is 3.74. The van der Waals surface area contributed by atoms with E-state index in [0.29, 0.717) is 5.56 Å². The van der Waals surface area contributed by atoms with Gasteiger partial charge in [-0.3, -0.25) is 9.59 Å². The number of nitrogens with one attached hydrogen (secondary N) is 2. The Hall–Kier alpha value is -2.29. The molecule has 0 saturated heterocycles. The van der Waals surface area contributed by atoms with Gasteiger partial charge in [0.25, 0.3) is 5.91 Å². The summed E-state index contributed by atoms with van der Waals surface area (Å²) >= 11 is 0. The van der Waals surface area contributed by atoms with Crippen LogP contribution in [0.4, 0.5) is 13.6 Å². The van der Waals surface area contributed by atoms with Crippen molar-refractivity contribution >= 4 is 25.9 Å². The zero-order valence-electron chi connectivity index (χ0n) is 17.8. The Labute approximate surface area is 171 Å². The molecule has 1 unspecified atom stereocenters. The number of amides is 2. The molecule has 0 saturated carbocycles. The van der Waals surface area contributed by atoms with Crippen molar-refractivity contribution in [2.24, 2.45) is 0 Å². The Morgan fingerprint density at radius 2 is 1.62 bits per heavy atom. The number of alkyl carbamates (subject to hydrolysis) is 1. The van der Waals surface area contributed by atoms with E-state index < -0.39 is 43.4 Å². The highest BCUT2D eigenvalue weighted by molar-refractivity contribution is 6.76. The van der Waals surface area contributed by atoms with E-state index in [-0.39, 0.29) is 12.6 Å². The van der Waals surface area contributed by atoms with Crippen molar-refractivity contribution in [1.82, 2.24) is 10.6 Å². The molecule has 0 aliphatic heterocycles. The number of ether oxygens (including phenoxy) is 1. The maximum absolute atomic E-state index is 14.6. The smallest absolute Gasteiger partial charge is 0.408 e. The van der Waals surface area contributed by atoms with Crippen molar-refractivity contribution in [3.05, 3.63) is 35.9 Å². The van der Waals surface area contributed by atoms with Crippen LogP contribution in [0.3, 0.4) is 0 Å². The zero-order chi connectivity index (χ0) is 22.5. The molecule has 0 fully saturated rings. The van der Waals surface area contributed by atoms with Gasteiger partial charge in [-0.15, -0.1) is 0 Å². The highest BCUT2D eigenvalue weighted by Gasteiger charge is 2.51. The number of rotatable bonds is 8. The van der Waals surface area contributed by atoms with Crippen molar-refractivity contribution in [2.45, 2.75) is 70.6 Å². The molecule has 0 spiro atoms. The van der Waals surface area contributed by atoms with Gasteiger partial charge in [-0.05, 0) is 32.4 Å². The van der Waals surface area contributed by atoms with Crippen molar-refractivity contribution in [1.29, 1.82) is 0 Å². The van der Waals surface area contributed by atoms with Gasteiger partial charge in [0.1, 0.15) is 5.60 Å². The summed E-state index contributed by atoms with van der Waals surface area (Å²) in [5.41, 5.74) is -0.235. The molecule has 0 radical (unpaired) electrons. The number of hydrogen-bond acceptors (Lipinski definition) is 4. The van der Waals surface area contributed by atoms with Crippen molar-refractivity contribution in [3.63, 3.8) is 0 Å². The fourth-order valence-electron chi connectivity index (χ4n) is 2.49. The van der Waals surface area contributed by atoms with Gasteiger partial charge in [0, 0.05) is 14.6 Å². The first kappa shape index (κ1) is 24.7. The van der Waals surface area contributed by atoms with E-state index in [1.165, 1.54) is 0 Å². The Balaban J connectivity index is 2.93. The van der Waals surface area contributed by atoms with Crippen LogP contribution >= 0.6 is 0 Å². The molecule has 1 rings (SSSR count). The molecule has 0 aliphatic carbocycles. The summed E-state index contributed by atoms with van der Waals surface area (Å²) in [4.78, 5) is 36.6. The third-order valence-corrected chi connectivity index (χ3v) is 5.35. The summed E-state index contributed by atoms with van der Waals surface area (Å²) < 4.78 is 34.3. The molecular formula is C20H30F2N2O4Si. The molecule has 0 bridgehead atoms. The quantitative estimate of drug-likeness (QED) is 0.488. The molecule has 29 heavy (non-hydrogen) atoms. The summed E-state index contributed by atoms with van der Waals surface area (Å²) in [6.07, 6.45) is -0.977. The number of Topliss-reactive ketones (excluding diaryl/α,β-unsaturated/α-hetero) is 1. The van der Waals surface area contributed by atoms with Gasteiger partial charge in [-0.25, -0.2) is 4.79 Å². The summed E-state index contributed by atoms with van der Waals surface area (Å²) in [5.74, 6) is -7.62. The molecule has 0 aliphatic rings. The number of carbonyl (C=O) groups excluding carboxylic acids is 3. The highest BCUT2D eigenvalue weighted by Crippen LogP contribution is 2.23. The molecule has 1 aromatic rings. The van der Waals surface area contributed by atoms with Crippen molar-refractivity contribution < 1.29 is 27.9 Å². The zero-order valence-corrected chi connectivity index (χ0v) is 18.8. The number of ketones is 1. The van der Waals surface area contributed by atoms with Gasteiger partial charge in [0.2, 0.25) is 5.78 Å². The number of hydrogen-bond donors (Lipinski definition) is 2.